The zero-order valence-electron chi connectivity index (χ0n) is 22.7. The second-order valence-corrected chi connectivity index (χ2v) is 10.6. The van der Waals surface area contributed by atoms with Crippen LogP contribution in [0.4, 0.5) is 13.2 Å². The number of benzene rings is 2. The van der Waals surface area contributed by atoms with Crippen LogP contribution in [-0.2, 0) is 11.3 Å². The third-order valence-corrected chi connectivity index (χ3v) is 7.13. The highest BCUT2D eigenvalue weighted by Gasteiger charge is 2.41. The van der Waals surface area contributed by atoms with Crippen molar-refractivity contribution < 1.29 is 37.3 Å². The van der Waals surface area contributed by atoms with Crippen molar-refractivity contribution in [1.29, 1.82) is 0 Å². The number of methoxy groups -OCH3 is 1. The Balaban J connectivity index is 0.000000532. The summed E-state index contributed by atoms with van der Waals surface area (Å²) >= 11 is 0. The van der Waals surface area contributed by atoms with E-state index < -0.39 is 12.1 Å². The summed E-state index contributed by atoms with van der Waals surface area (Å²) in [5.74, 6) is -0.380. The summed E-state index contributed by atoms with van der Waals surface area (Å²) in [5, 5.41) is 7.12. The summed E-state index contributed by atoms with van der Waals surface area (Å²) < 4.78 is 43.1. The lowest BCUT2D eigenvalue weighted by Crippen LogP contribution is -2.44. The van der Waals surface area contributed by atoms with Crippen molar-refractivity contribution >= 4 is 11.9 Å². The zero-order valence-corrected chi connectivity index (χ0v) is 22.7. The van der Waals surface area contributed by atoms with Gasteiger partial charge in [-0.15, -0.1) is 0 Å². The van der Waals surface area contributed by atoms with Crippen LogP contribution in [0.3, 0.4) is 0 Å². The molecule has 2 aromatic rings. The molecule has 10 heteroatoms. The van der Waals surface area contributed by atoms with Gasteiger partial charge in [0.05, 0.1) is 13.7 Å². The van der Waals surface area contributed by atoms with Crippen LogP contribution in [0.1, 0.15) is 49.0 Å². The van der Waals surface area contributed by atoms with E-state index >= 15 is 0 Å². The molecule has 1 N–H and O–H groups in total. The van der Waals surface area contributed by atoms with Crippen LogP contribution in [0.5, 0.6) is 11.5 Å². The number of carbonyl (C=O) groups is 2. The number of carboxylic acids is 1. The second-order valence-electron chi connectivity index (χ2n) is 10.6. The third-order valence-electron chi connectivity index (χ3n) is 7.13. The largest absolute Gasteiger partial charge is 0.497 e. The molecule has 0 aliphatic carbocycles. The number of para-hydroxylation sites is 1. The van der Waals surface area contributed by atoms with Crippen molar-refractivity contribution in [2.45, 2.75) is 45.8 Å². The Hall–Kier alpha value is -3.27. The number of carboxylic acid groups (broad SMARTS) is 1. The van der Waals surface area contributed by atoms with Crippen LogP contribution in [0.15, 0.2) is 48.5 Å². The zero-order chi connectivity index (χ0) is 28.6. The molecule has 2 fully saturated rings. The number of aliphatic carboxylic acids is 1. The van der Waals surface area contributed by atoms with E-state index in [1.54, 1.807) is 7.11 Å². The van der Waals surface area contributed by atoms with E-state index in [1.165, 1.54) is 12.0 Å². The van der Waals surface area contributed by atoms with Crippen molar-refractivity contribution in [2.75, 3.05) is 39.9 Å². The molecule has 2 aliphatic heterocycles. The molecule has 0 saturated carbocycles. The van der Waals surface area contributed by atoms with E-state index in [4.69, 9.17) is 19.4 Å². The lowest BCUT2D eigenvalue weighted by molar-refractivity contribution is -0.192. The maximum Gasteiger partial charge on any atom is 0.490 e. The van der Waals surface area contributed by atoms with E-state index in [-0.39, 0.29) is 5.91 Å². The summed E-state index contributed by atoms with van der Waals surface area (Å²) in [7, 11) is 1.63. The van der Waals surface area contributed by atoms with Gasteiger partial charge in [0.1, 0.15) is 11.5 Å². The average Bonchev–Trinajstić information content (AvgIpc) is 3.29. The first-order valence-corrected chi connectivity index (χ1v) is 13.1. The summed E-state index contributed by atoms with van der Waals surface area (Å²) in [6.45, 7) is 9.92. The fourth-order valence-electron chi connectivity index (χ4n) is 4.97. The highest BCUT2D eigenvalue weighted by molar-refractivity contribution is 5.94. The highest BCUT2D eigenvalue weighted by Crippen LogP contribution is 2.41. The van der Waals surface area contributed by atoms with Crippen molar-refractivity contribution in [1.82, 2.24) is 9.80 Å². The summed E-state index contributed by atoms with van der Waals surface area (Å²) in [4.78, 5) is 26.4. The molecule has 0 bridgehead atoms. The standard InChI is InChI=1S/C27H36N2O3.C2HF3O2/c1-21(2)19-32-25-10-5-4-7-23(25)18-28-14-11-27(20-28)12-15-29(16-13-27)26(30)22-8-6-9-24(17-22)31-3;3-2(4,5)1(6)7/h4-10,17,21H,11-16,18-20H2,1-3H3;(H,6,7). The Bertz CT molecular complexity index is 1110. The third kappa shape index (κ3) is 8.61. The Kier molecular flexibility index (Phi) is 10.2. The Morgan fingerprint density at radius 3 is 2.28 bits per heavy atom. The van der Waals surface area contributed by atoms with Gasteiger partial charge in [-0.1, -0.05) is 38.1 Å². The number of carbonyl (C=O) groups excluding carboxylic acids is 1. The number of nitrogens with zero attached hydrogens (tertiary/aromatic N) is 2. The first kappa shape index (κ1) is 30.3. The van der Waals surface area contributed by atoms with E-state index in [9.17, 15) is 18.0 Å². The summed E-state index contributed by atoms with van der Waals surface area (Å²) in [6.07, 6.45) is -1.72. The highest BCUT2D eigenvalue weighted by atomic mass is 19.4. The molecular formula is C29H37F3N2O5. The molecule has 2 aliphatic rings. The fraction of sp³-hybridized carbons (Fsp3) is 0.517. The first-order valence-electron chi connectivity index (χ1n) is 13.1. The predicted octanol–water partition coefficient (Wildman–Crippen LogP) is 5.49. The van der Waals surface area contributed by atoms with Gasteiger partial charge in [-0.05, 0) is 61.4 Å². The van der Waals surface area contributed by atoms with E-state index in [1.807, 2.05) is 29.2 Å². The van der Waals surface area contributed by atoms with Crippen molar-refractivity contribution in [2.24, 2.45) is 11.3 Å². The average molecular weight is 551 g/mol. The molecule has 0 unspecified atom stereocenters. The van der Waals surface area contributed by atoms with Crippen LogP contribution < -0.4 is 9.47 Å². The smallest absolute Gasteiger partial charge is 0.490 e. The number of hydrogen-bond donors (Lipinski definition) is 1. The topological polar surface area (TPSA) is 79.3 Å². The number of likely N-dealkylation sites (tertiary alicyclic amines) is 2. The van der Waals surface area contributed by atoms with Gasteiger partial charge in [0.25, 0.3) is 5.91 Å². The van der Waals surface area contributed by atoms with Crippen LogP contribution in [-0.4, -0.2) is 72.9 Å². The van der Waals surface area contributed by atoms with Gasteiger partial charge in [0.2, 0.25) is 0 Å². The van der Waals surface area contributed by atoms with Crippen molar-refractivity contribution in [3.8, 4) is 11.5 Å². The van der Waals surface area contributed by atoms with Gasteiger partial charge in [0.15, 0.2) is 0 Å². The molecule has 4 rings (SSSR count). The quantitative estimate of drug-likeness (QED) is 0.491. The Morgan fingerprint density at radius 2 is 1.67 bits per heavy atom. The number of halogens is 3. The van der Waals surface area contributed by atoms with Gasteiger partial charge < -0.3 is 19.5 Å². The lowest BCUT2D eigenvalue weighted by Gasteiger charge is -2.39. The second kappa shape index (κ2) is 13.2. The maximum atomic E-state index is 13.0. The lowest BCUT2D eigenvalue weighted by atomic mass is 9.77. The number of hydrogen-bond acceptors (Lipinski definition) is 5. The van der Waals surface area contributed by atoms with Gasteiger partial charge >= 0.3 is 12.1 Å². The van der Waals surface area contributed by atoms with Crippen molar-refractivity contribution in [3.63, 3.8) is 0 Å². The molecule has 7 nitrogen and oxygen atoms in total. The van der Waals surface area contributed by atoms with E-state index in [2.05, 4.69) is 43.0 Å². The molecule has 2 aromatic carbocycles. The molecule has 0 aromatic heterocycles. The van der Waals surface area contributed by atoms with Gasteiger partial charge in [0, 0.05) is 37.3 Å². The monoisotopic (exact) mass is 550 g/mol. The minimum atomic E-state index is -5.08. The molecule has 214 valence electrons. The molecule has 2 heterocycles. The number of piperidine rings is 1. The summed E-state index contributed by atoms with van der Waals surface area (Å²) in [6, 6.07) is 15.9. The normalized spacial score (nSPS) is 17.1. The van der Waals surface area contributed by atoms with Gasteiger partial charge in [-0.25, -0.2) is 4.79 Å². The minimum Gasteiger partial charge on any atom is -0.497 e. The fourth-order valence-corrected chi connectivity index (χ4v) is 4.97. The predicted molar refractivity (Wildman–Crippen MR) is 141 cm³/mol. The molecule has 1 spiro atoms. The minimum absolute atomic E-state index is 0.116. The van der Waals surface area contributed by atoms with Gasteiger partial charge in [-0.2, -0.15) is 13.2 Å². The number of ether oxygens (including phenoxy) is 2. The first-order chi connectivity index (χ1) is 18.4. The van der Waals surface area contributed by atoms with E-state index in [0.29, 0.717) is 16.9 Å². The number of alkyl halides is 3. The molecule has 1 amide bonds. The molecule has 2 saturated heterocycles. The van der Waals surface area contributed by atoms with Crippen LogP contribution >= 0.6 is 0 Å². The molecule has 0 radical (unpaired) electrons. The van der Waals surface area contributed by atoms with E-state index in [0.717, 1.165) is 63.7 Å². The molecular weight excluding hydrogens is 513 g/mol. The van der Waals surface area contributed by atoms with Gasteiger partial charge in [-0.3, -0.25) is 9.69 Å². The van der Waals surface area contributed by atoms with Crippen LogP contribution in [0, 0.1) is 11.3 Å². The van der Waals surface area contributed by atoms with Crippen molar-refractivity contribution in [3.05, 3.63) is 59.7 Å². The molecule has 0 atom stereocenters. The SMILES string of the molecule is COc1cccc(C(=O)N2CCC3(CCN(Cc4ccccc4OCC(C)C)C3)CC2)c1.O=C(O)C(F)(F)F. The Labute approximate surface area is 227 Å². The summed E-state index contributed by atoms with van der Waals surface area (Å²) in [5.41, 5.74) is 2.32. The van der Waals surface area contributed by atoms with Crippen LogP contribution in [0.2, 0.25) is 0 Å². The number of amides is 1. The maximum absolute atomic E-state index is 13.0. The molecule has 39 heavy (non-hydrogen) atoms. The Morgan fingerprint density at radius 1 is 1.03 bits per heavy atom. The number of rotatable bonds is 7. The van der Waals surface area contributed by atoms with Crippen LogP contribution in [0.25, 0.3) is 0 Å².